The molecule has 2 aliphatic heterocycles. The van der Waals surface area contributed by atoms with E-state index in [4.69, 9.17) is 4.42 Å². The Labute approximate surface area is 161 Å². The molecular formula is C22H19FN2O3. The number of benzene rings is 1. The summed E-state index contributed by atoms with van der Waals surface area (Å²) in [7, 11) is 0. The number of carbonyl (C=O) groups excluding carboxylic acids is 1. The third-order valence-electron chi connectivity index (χ3n) is 5.77. The van der Waals surface area contributed by atoms with Gasteiger partial charge in [0.15, 0.2) is 5.76 Å². The first-order chi connectivity index (χ1) is 13.6. The van der Waals surface area contributed by atoms with Crippen molar-refractivity contribution in [3.8, 4) is 11.1 Å². The number of pyridine rings is 1. The van der Waals surface area contributed by atoms with Gasteiger partial charge in [-0.25, -0.2) is 4.39 Å². The van der Waals surface area contributed by atoms with Gasteiger partial charge in [-0.15, -0.1) is 0 Å². The van der Waals surface area contributed by atoms with Gasteiger partial charge in [-0.2, -0.15) is 0 Å². The number of aromatic nitrogens is 1. The maximum absolute atomic E-state index is 14.5. The summed E-state index contributed by atoms with van der Waals surface area (Å²) in [6.07, 6.45) is 2.37. The number of carbonyl (C=O) groups is 1. The van der Waals surface area contributed by atoms with E-state index in [-0.39, 0.29) is 29.1 Å². The first-order valence-corrected chi connectivity index (χ1v) is 9.43. The van der Waals surface area contributed by atoms with Crippen LogP contribution in [-0.2, 0) is 6.54 Å². The van der Waals surface area contributed by atoms with Crippen LogP contribution >= 0.6 is 0 Å². The van der Waals surface area contributed by atoms with Crippen LogP contribution in [0.3, 0.4) is 0 Å². The molecule has 142 valence electrons. The van der Waals surface area contributed by atoms with Crippen molar-refractivity contribution in [1.29, 1.82) is 0 Å². The molecule has 5 nitrogen and oxygen atoms in total. The largest absolute Gasteiger partial charge is 0.459 e. The SMILES string of the molecule is O=C(c1ccco1)N1CC2CC(C1)c1c(-c3ccccc3F)ccc(=O)n1C2. The van der Waals surface area contributed by atoms with E-state index in [2.05, 4.69) is 0 Å². The van der Waals surface area contributed by atoms with E-state index in [0.717, 1.165) is 17.7 Å². The summed E-state index contributed by atoms with van der Waals surface area (Å²) in [6.45, 7) is 1.61. The lowest BCUT2D eigenvalue weighted by Crippen LogP contribution is -2.49. The number of nitrogens with zero attached hydrogens (tertiary/aromatic N) is 2. The summed E-state index contributed by atoms with van der Waals surface area (Å²) in [5.41, 5.74) is 1.97. The highest BCUT2D eigenvalue weighted by molar-refractivity contribution is 5.91. The molecule has 2 bridgehead atoms. The normalized spacial score (nSPS) is 20.7. The molecule has 2 aliphatic rings. The fraction of sp³-hybridized carbons (Fsp3) is 0.273. The minimum Gasteiger partial charge on any atom is -0.459 e. The molecule has 1 saturated heterocycles. The Morgan fingerprint density at radius 1 is 1.00 bits per heavy atom. The van der Waals surface area contributed by atoms with E-state index >= 15 is 0 Å². The van der Waals surface area contributed by atoms with Crippen molar-refractivity contribution in [3.05, 3.63) is 82.4 Å². The van der Waals surface area contributed by atoms with Crippen molar-refractivity contribution >= 4 is 5.91 Å². The lowest BCUT2D eigenvalue weighted by atomic mass is 9.80. The Morgan fingerprint density at radius 2 is 1.86 bits per heavy atom. The molecule has 0 radical (unpaired) electrons. The van der Waals surface area contributed by atoms with Crippen molar-refractivity contribution in [2.24, 2.45) is 5.92 Å². The van der Waals surface area contributed by atoms with E-state index in [1.54, 1.807) is 45.9 Å². The molecule has 1 amide bonds. The predicted molar refractivity (Wildman–Crippen MR) is 102 cm³/mol. The summed E-state index contributed by atoms with van der Waals surface area (Å²) >= 11 is 0. The van der Waals surface area contributed by atoms with Crippen LogP contribution in [0.2, 0.25) is 0 Å². The van der Waals surface area contributed by atoms with Gasteiger partial charge in [0.25, 0.3) is 11.5 Å². The summed E-state index contributed by atoms with van der Waals surface area (Å²) in [5, 5.41) is 0. The molecular weight excluding hydrogens is 359 g/mol. The van der Waals surface area contributed by atoms with Gasteiger partial charge in [0.2, 0.25) is 0 Å². The van der Waals surface area contributed by atoms with Gasteiger partial charge in [-0.3, -0.25) is 9.59 Å². The second-order valence-corrected chi connectivity index (χ2v) is 7.55. The Kier molecular flexibility index (Phi) is 3.93. The first kappa shape index (κ1) is 17.0. The number of halogens is 1. The zero-order valence-electron chi connectivity index (χ0n) is 15.2. The summed E-state index contributed by atoms with van der Waals surface area (Å²) in [6, 6.07) is 13.2. The summed E-state index contributed by atoms with van der Waals surface area (Å²) in [4.78, 5) is 27.1. The van der Waals surface area contributed by atoms with Crippen LogP contribution in [0.15, 0.2) is 64.0 Å². The van der Waals surface area contributed by atoms with Gasteiger partial charge in [0.1, 0.15) is 5.82 Å². The fourth-order valence-electron chi connectivity index (χ4n) is 4.64. The molecule has 2 atom stereocenters. The molecule has 28 heavy (non-hydrogen) atoms. The van der Waals surface area contributed by atoms with Crippen molar-refractivity contribution in [3.63, 3.8) is 0 Å². The quantitative estimate of drug-likeness (QED) is 0.686. The van der Waals surface area contributed by atoms with Crippen molar-refractivity contribution in [1.82, 2.24) is 9.47 Å². The summed E-state index contributed by atoms with van der Waals surface area (Å²) in [5.74, 6) is 0.0395. The van der Waals surface area contributed by atoms with E-state index in [1.807, 2.05) is 0 Å². The smallest absolute Gasteiger partial charge is 0.289 e. The van der Waals surface area contributed by atoms with Crippen LogP contribution in [0.25, 0.3) is 11.1 Å². The standard InChI is InChI=1S/C22H19FN2O3/c23-18-5-2-1-4-16(18)17-7-8-20(26)25-12-14-10-15(21(17)25)13-24(11-14)22(27)19-6-3-9-28-19/h1-9,14-15H,10-13H2. The molecule has 0 spiro atoms. The molecule has 5 rings (SSSR count). The fourth-order valence-corrected chi connectivity index (χ4v) is 4.64. The Hall–Kier alpha value is -3.15. The van der Waals surface area contributed by atoms with Crippen molar-refractivity contribution < 1.29 is 13.6 Å². The van der Waals surface area contributed by atoms with Crippen LogP contribution in [-0.4, -0.2) is 28.5 Å². The Balaban J connectivity index is 1.59. The Morgan fingerprint density at radius 3 is 2.64 bits per heavy atom. The topological polar surface area (TPSA) is 55.5 Å². The average Bonchev–Trinajstić information content (AvgIpc) is 3.23. The molecule has 0 aliphatic carbocycles. The van der Waals surface area contributed by atoms with Crippen LogP contribution in [0.5, 0.6) is 0 Å². The number of likely N-dealkylation sites (tertiary alicyclic amines) is 1. The van der Waals surface area contributed by atoms with Gasteiger partial charge in [-0.1, -0.05) is 18.2 Å². The van der Waals surface area contributed by atoms with Gasteiger partial charge in [0.05, 0.1) is 6.26 Å². The third-order valence-corrected chi connectivity index (χ3v) is 5.77. The van der Waals surface area contributed by atoms with Gasteiger partial charge >= 0.3 is 0 Å². The number of fused-ring (bicyclic) bond motifs is 4. The number of hydrogen-bond acceptors (Lipinski definition) is 3. The molecule has 1 fully saturated rings. The molecule has 2 aromatic heterocycles. The molecule has 3 aromatic rings. The minimum atomic E-state index is -0.314. The number of piperidine rings is 1. The highest BCUT2D eigenvalue weighted by Crippen LogP contribution is 2.40. The van der Waals surface area contributed by atoms with Gasteiger partial charge in [0, 0.05) is 48.4 Å². The molecule has 2 unspecified atom stereocenters. The maximum atomic E-state index is 14.5. The van der Waals surface area contributed by atoms with Crippen LogP contribution in [0.4, 0.5) is 4.39 Å². The van der Waals surface area contributed by atoms with Gasteiger partial charge < -0.3 is 13.9 Å². The third kappa shape index (κ3) is 2.68. The number of rotatable bonds is 2. The predicted octanol–water partition coefficient (Wildman–Crippen LogP) is 3.51. The molecule has 1 aromatic carbocycles. The second kappa shape index (κ2) is 6.48. The van der Waals surface area contributed by atoms with Crippen LogP contribution < -0.4 is 5.56 Å². The monoisotopic (exact) mass is 378 g/mol. The van der Waals surface area contributed by atoms with E-state index in [0.29, 0.717) is 31.0 Å². The van der Waals surface area contributed by atoms with Crippen LogP contribution in [0, 0.1) is 11.7 Å². The second-order valence-electron chi connectivity index (χ2n) is 7.55. The first-order valence-electron chi connectivity index (χ1n) is 9.43. The molecule has 6 heteroatoms. The summed E-state index contributed by atoms with van der Waals surface area (Å²) < 4.78 is 21.5. The molecule has 0 saturated carbocycles. The zero-order chi connectivity index (χ0) is 19.3. The van der Waals surface area contributed by atoms with Crippen molar-refractivity contribution in [2.45, 2.75) is 18.9 Å². The lowest BCUT2D eigenvalue weighted by Gasteiger charge is -2.43. The van der Waals surface area contributed by atoms with Crippen molar-refractivity contribution in [2.75, 3.05) is 13.1 Å². The molecule has 4 heterocycles. The number of hydrogen-bond donors (Lipinski definition) is 0. The number of furan rings is 1. The number of amides is 1. The zero-order valence-corrected chi connectivity index (χ0v) is 15.2. The van der Waals surface area contributed by atoms with E-state index in [1.165, 1.54) is 18.4 Å². The van der Waals surface area contributed by atoms with Gasteiger partial charge in [-0.05, 0) is 36.6 Å². The lowest BCUT2D eigenvalue weighted by molar-refractivity contribution is 0.0564. The van der Waals surface area contributed by atoms with E-state index < -0.39 is 0 Å². The molecule has 0 N–H and O–H groups in total. The Bertz CT molecular complexity index is 1100. The minimum absolute atomic E-state index is 0.0186. The maximum Gasteiger partial charge on any atom is 0.289 e. The van der Waals surface area contributed by atoms with E-state index in [9.17, 15) is 14.0 Å². The highest BCUT2D eigenvalue weighted by Gasteiger charge is 2.38. The van der Waals surface area contributed by atoms with Crippen LogP contribution in [0.1, 0.15) is 28.6 Å². The average molecular weight is 378 g/mol. The highest BCUT2D eigenvalue weighted by atomic mass is 19.1.